The summed E-state index contributed by atoms with van der Waals surface area (Å²) in [6.07, 6.45) is -9.28. The van der Waals surface area contributed by atoms with Gasteiger partial charge in [-0.05, 0) is 42.8 Å². The SMILES string of the molecule is CCOc1ccc(NC(=O)NCc2cccc(C(F)(F)F)c2)c(C(F)(F)F)c1. The summed E-state index contributed by atoms with van der Waals surface area (Å²) in [6, 6.07) is 6.31. The van der Waals surface area contributed by atoms with E-state index in [-0.39, 0.29) is 24.5 Å². The van der Waals surface area contributed by atoms with Gasteiger partial charge in [-0.3, -0.25) is 0 Å². The van der Waals surface area contributed by atoms with E-state index >= 15 is 0 Å². The monoisotopic (exact) mass is 406 g/mol. The van der Waals surface area contributed by atoms with Crippen molar-refractivity contribution in [2.75, 3.05) is 11.9 Å². The van der Waals surface area contributed by atoms with Gasteiger partial charge in [0.15, 0.2) is 0 Å². The van der Waals surface area contributed by atoms with Gasteiger partial charge in [0.2, 0.25) is 0 Å². The number of hydrogen-bond acceptors (Lipinski definition) is 2. The van der Waals surface area contributed by atoms with Gasteiger partial charge in [-0.1, -0.05) is 12.1 Å². The summed E-state index contributed by atoms with van der Waals surface area (Å²) in [6.45, 7) is 1.48. The number of anilines is 1. The number of benzene rings is 2. The highest BCUT2D eigenvalue weighted by Gasteiger charge is 2.34. The molecule has 2 aromatic carbocycles. The minimum Gasteiger partial charge on any atom is -0.494 e. The van der Waals surface area contributed by atoms with Crippen molar-refractivity contribution in [2.24, 2.45) is 0 Å². The molecule has 2 rings (SSSR count). The molecule has 0 aliphatic heterocycles. The van der Waals surface area contributed by atoms with E-state index in [0.29, 0.717) is 0 Å². The summed E-state index contributed by atoms with van der Waals surface area (Å²) in [5.41, 5.74) is -2.35. The maximum Gasteiger partial charge on any atom is 0.418 e. The predicted molar refractivity (Wildman–Crippen MR) is 89.9 cm³/mol. The van der Waals surface area contributed by atoms with E-state index in [1.54, 1.807) is 6.92 Å². The van der Waals surface area contributed by atoms with Gasteiger partial charge in [0.05, 0.1) is 23.4 Å². The van der Waals surface area contributed by atoms with Crippen LogP contribution in [0.3, 0.4) is 0 Å². The molecule has 0 unspecified atom stereocenters. The third-order valence-corrected chi connectivity index (χ3v) is 3.56. The summed E-state index contributed by atoms with van der Waals surface area (Å²) in [5.74, 6) is -0.00949. The Morgan fingerprint density at radius 2 is 1.71 bits per heavy atom. The number of nitrogens with one attached hydrogen (secondary N) is 2. The summed E-state index contributed by atoms with van der Waals surface area (Å²) in [5, 5.41) is 4.28. The molecular formula is C18H16F6N2O2. The van der Waals surface area contributed by atoms with Crippen molar-refractivity contribution in [2.45, 2.75) is 25.8 Å². The molecule has 0 bridgehead atoms. The van der Waals surface area contributed by atoms with Crippen LogP contribution in [-0.4, -0.2) is 12.6 Å². The summed E-state index contributed by atoms with van der Waals surface area (Å²) in [4.78, 5) is 11.9. The van der Waals surface area contributed by atoms with Gasteiger partial charge in [-0.25, -0.2) is 4.79 Å². The smallest absolute Gasteiger partial charge is 0.418 e. The van der Waals surface area contributed by atoms with Gasteiger partial charge in [0.1, 0.15) is 5.75 Å². The normalized spacial score (nSPS) is 11.8. The standard InChI is InChI=1S/C18H16F6N2O2/c1-2-28-13-6-7-15(14(9-13)18(22,23)24)26-16(27)25-10-11-4-3-5-12(8-11)17(19,20)21/h3-9H,2,10H2,1H3,(H2,25,26,27). The highest BCUT2D eigenvalue weighted by Crippen LogP contribution is 2.37. The Kier molecular flexibility index (Phi) is 6.42. The molecule has 10 heteroatoms. The van der Waals surface area contributed by atoms with Crippen LogP contribution >= 0.6 is 0 Å². The van der Waals surface area contributed by atoms with Crippen molar-refractivity contribution in [3.63, 3.8) is 0 Å². The van der Waals surface area contributed by atoms with Crippen molar-refractivity contribution in [1.29, 1.82) is 0 Å². The average Bonchev–Trinajstić information content (AvgIpc) is 2.60. The second-order valence-electron chi connectivity index (χ2n) is 5.64. The lowest BCUT2D eigenvalue weighted by molar-refractivity contribution is -0.138. The fraction of sp³-hybridized carbons (Fsp3) is 0.278. The number of carbonyl (C=O) groups is 1. The molecule has 28 heavy (non-hydrogen) atoms. The third kappa shape index (κ3) is 5.80. The second kappa shape index (κ2) is 8.41. The van der Waals surface area contributed by atoms with Crippen LogP contribution in [0.1, 0.15) is 23.6 Å². The van der Waals surface area contributed by atoms with Crippen LogP contribution in [0.4, 0.5) is 36.8 Å². The Hall–Kier alpha value is -2.91. The number of ether oxygens (including phenoxy) is 1. The molecule has 0 atom stereocenters. The molecule has 2 N–H and O–H groups in total. The molecule has 0 saturated heterocycles. The maximum atomic E-state index is 13.2. The van der Waals surface area contributed by atoms with E-state index in [1.807, 2.05) is 0 Å². The van der Waals surface area contributed by atoms with Crippen LogP contribution in [-0.2, 0) is 18.9 Å². The number of urea groups is 1. The van der Waals surface area contributed by atoms with Crippen molar-refractivity contribution in [3.8, 4) is 5.75 Å². The summed E-state index contributed by atoms with van der Waals surface area (Å²) >= 11 is 0. The number of amides is 2. The summed E-state index contributed by atoms with van der Waals surface area (Å²) < 4.78 is 82.6. The van der Waals surface area contributed by atoms with Crippen LogP contribution in [0.15, 0.2) is 42.5 Å². The minimum absolute atomic E-state index is 0.00949. The number of carbonyl (C=O) groups excluding carboxylic acids is 1. The fourth-order valence-electron chi connectivity index (χ4n) is 2.33. The first-order valence-corrected chi connectivity index (χ1v) is 8.05. The topological polar surface area (TPSA) is 50.4 Å². The Bertz CT molecular complexity index is 834. The molecule has 2 amide bonds. The van der Waals surface area contributed by atoms with Gasteiger partial charge in [-0.2, -0.15) is 26.3 Å². The highest BCUT2D eigenvalue weighted by molar-refractivity contribution is 5.90. The van der Waals surface area contributed by atoms with E-state index in [4.69, 9.17) is 4.74 Å². The molecule has 0 aliphatic rings. The molecule has 152 valence electrons. The number of alkyl halides is 6. The second-order valence-corrected chi connectivity index (χ2v) is 5.64. The zero-order valence-corrected chi connectivity index (χ0v) is 14.5. The van der Waals surface area contributed by atoms with Crippen LogP contribution in [0.2, 0.25) is 0 Å². The lowest BCUT2D eigenvalue weighted by atomic mass is 10.1. The van der Waals surface area contributed by atoms with E-state index < -0.39 is 35.2 Å². The van der Waals surface area contributed by atoms with Crippen molar-refractivity contribution in [1.82, 2.24) is 5.32 Å². The van der Waals surface area contributed by atoms with E-state index in [9.17, 15) is 31.1 Å². The quantitative estimate of drug-likeness (QED) is 0.650. The third-order valence-electron chi connectivity index (χ3n) is 3.56. The number of halogens is 6. The molecule has 0 fully saturated rings. The average molecular weight is 406 g/mol. The van der Waals surface area contributed by atoms with E-state index in [1.165, 1.54) is 18.2 Å². The lowest BCUT2D eigenvalue weighted by Gasteiger charge is -2.16. The Morgan fingerprint density at radius 1 is 1.00 bits per heavy atom. The Balaban J connectivity index is 2.09. The molecule has 0 radical (unpaired) electrons. The van der Waals surface area contributed by atoms with Crippen molar-refractivity contribution < 1.29 is 35.9 Å². The zero-order valence-electron chi connectivity index (χ0n) is 14.5. The van der Waals surface area contributed by atoms with Gasteiger partial charge >= 0.3 is 18.4 Å². The van der Waals surface area contributed by atoms with E-state index in [0.717, 1.165) is 24.3 Å². The van der Waals surface area contributed by atoms with Gasteiger partial charge in [0, 0.05) is 6.54 Å². The van der Waals surface area contributed by atoms with E-state index in [2.05, 4.69) is 10.6 Å². The maximum absolute atomic E-state index is 13.2. The van der Waals surface area contributed by atoms with Gasteiger partial charge in [-0.15, -0.1) is 0 Å². The highest BCUT2D eigenvalue weighted by atomic mass is 19.4. The van der Waals surface area contributed by atoms with Gasteiger partial charge in [0.25, 0.3) is 0 Å². The molecule has 0 aromatic heterocycles. The molecule has 0 aliphatic carbocycles. The Labute approximate surface area is 156 Å². The van der Waals surface area contributed by atoms with Crippen molar-refractivity contribution >= 4 is 11.7 Å². The fourth-order valence-corrected chi connectivity index (χ4v) is 2.33. The molecule has 4 nitrogen and oxygen atoms in total. The number of hydrogen-bond donors (Lipinski definition) is 2. The largest absolute Gasteiger partial charge is 0.494 e. The van der Waals surface area contributed by atoms with Gasteiger partial charge < -0.3 is 15.4 Å². The van der Waals surface area contributed by atoms with Crippen LogP contribution in [0.5, 0.6) is 5.75 Å². The molecule has 2 aromatic rings. The molecule has 0 spiro atoms. The first-order valence-electron chi connectivity index (χ1n) is 8.05. The first-order chi connectivity index (χ1) is 13.0. The zero-order chi connectivity index (χ0) is 20.9. The minimum atomic E-state index is -4.74. The molecule has 0 heterocycles. The van der Waals surface area contributed by atoms with Crippen LogP contribution < -0.4 is 15.4 Å². The Morgan fingerprint density at radius 3 is 2.32 bits per heavy atom. The van der Waals surface area contributed by atoms with Crippen LogP contribution in [0, 0.1) is 0 Å². The number of rotatable bonds is 5. The molecular weight excluding hydrogens is 390 g/mol. The van der Waals surface area contributed by atoms with Crippen LogP contribution in [0.25, 0.3) is 0 Å². The predicted octanol–water partition coefficient (Wildman–Crippen LogP) is 5.44. The molecule has 0 saturated carbocycles. The van der Waals surface area contributed by atoms with Crippen molar-refractivity contribution in [3.05, 3.63) is 59.2 Å². The first kappa shape index (κ1) is 21.4. The summed E-state index contributed by atoms with van der Waals surface area (Å²) in [7, 11) is 0. The lowest BCUT2D eigenvalue weighted by Crippen LogP contribution is -2.29.